The first-order chi connectivity index (χ1) is 18.7. The van der Waals surface area contributed by atoms with Crippen LogP contribution in [0.5, 0.6) is 17.2 Å². The van der Waals surface area contributed by atoms with Gasteiger partial charge >= 0.3 is 11.9 Å². The van der Waals surface area contributed by atoms with Gasteiger partial charge in [0.05, 0.1) is 44.7 Å². The summed E-state index contributed by atoms with van der Waals surface area (Å²) in [7, 11) is 2.96. The number of aliphatic hydroxyl groups is 1. The maximum Gasteiger partial charge on any atom is 0.350 e. The zero-order valence-electron chi connectivity index (χ0n) is 22.1. The Labute approximate surface area is 229 Å². The molecule has 1 N–H and O–H groups in total. The molecule has 10 nitrogen and oxygen atoms in total. The molecule has 4 rings (SSSR count). The summed E-state index contributed by atoms with van der Waals surface area (Å²) in [4.78, 5) is 45.2. The summed E-state index contributed by atoms with van der Waals surface area (Å²) in [6, 6.07) is 10.4. The van der Waals surface area contributed by atoms with Gasteiger partial charge in [-0.15, -0.1) is 0 Å². The van der Waals surface area contributed by atoms with Crippen LogP contribution in [0.15, 0.2) is 48.0 Å². The van der Waals surface area contributed by atoms with Gasteiger partial charge in [0.2, 0.25) is 0 Å². The standard InChI is InChI=1S/C28H28N2O8S/c1-6-37-18-11-8-16(9-12-18)23(31)21-22(17-10-13-19(35-4)20(14-17)36-5)30(26(33)24(21)32)28-29-15(3)25(39-28)27(34)38-7-2/h8-14,22,31H,6-7H2,1-5H3/b23-21+. The number of ketones is 1. The number of carbonyl (C=O) groups excluding carboxylic acids is 3. The fourth-order valence-corrected chi connectivity index (χ4v) is 5.26. The van der Waals surface area contributed by atoms with Gasteiger partial charge in [0.1, 0.15) is 16.4 Å². The molecule has 39 heavy (non-hydrogen) atoms. The normalized spacial score (nSPS) is 16.3. The van der Waals surface area contributed by atoms with E-state index in [0.29, 0.717) is 40.7 Å². The van der Waals surface area contributed by atoms with Crippen LogP contribution in [0.2, 0.25) is 0 Å². The zero-order valence-corrected chi connectivity index (χ0v) is 23.0. The zero-order chi connectivity index (χ0) is 28.3. The van der Waals surface area contributed by atoms with Gasteiger partial charge in [-0.25, -0.2) is 9.78 Å². The number of aryl methyl sites for hydroxylation is 1. The number of thiazole rings is 1. The molecule has 0 radical (unpaired) electrons. The second-order valence-corrected chi connectivity index (χ2v) is 9.35. The van der Waals surface area contributed by atoms with Crippen LogP contribution in [-0.2, 0) is 14.3 Å². The minimum absolute atomic E-state index is 0.114. The second kappa shape index (κ2) is 11.6. The molecule has 0 spiro atoms. The summed E-state index contributed by atoms with van der Waals surface area (Å²) < 4.78 is 21.4. The van der Waals surface area contributed by atoms with Crippen molar-refractivity contribution in [1.82, 2.24) is 4.98 Å². The number of amides is 1. The molecule has 1 aliphatic heterocycles. The smallest absolute Gasteiger partial charge is 0.350 e. The molecule has 0 saturated carbocycles. The summed E-state index contributed by atoms with van der Waals surface area (Å²) in [5, 5.41) is 11.5. The lowest BCUT2D eigenvalue weighted by molar-refractivity contribution is -0.132. The first-order valence-corrected chi connectivity index (χ1v) is 13.0. The Bertz CT molecular complexity index is 1440. The number of aromatic nitrogens is 1. The molecule has 0 aliphatic carbocycles. The van der Waals surface area contributed by atoms with Crippen molar-refractivity contribution in [3.05, 3.63) is 69.7 Å². The van der Waals surface area contributed by atoms with E-state index in [4.69, 9.17) is 18.9 Å². The predicted octanol–water partition coefficient (Wildman–Crippen LogP) is 4.67. The summed E-state index contributed by atoms with van der Waals surface area (Å²) >= 11 is 0.934. The second-order valence-electron chi connectivity index (χ2n) is 8.37. The number of methoxy groups -OCH3 is 2. The van der Waals surface area contributed by atoms with Crippen molar-refractivity contribution in [2.45, 2.75) is 26.8 Å². The van der Waals surface area contributed by atoms with Crippen LogP contribution in [0.1, 0.15) is 46.4 Å². The molecule has 1 unspecified atom stereocenters. The summed E-state index contributed by atoms with van der Waals surface area (Å²) in [5.74, 6) is -1.33. The quantitative estimate of drug-likeness (QED) is 0.174. The lowest BCUT2D eigenvalue weighted by atomic mass is 9.95. The molecule has 0 bridgehead atoms. The fraction of sp³-hybridized carbons (Fsp3) is 0.286. The molecular weight excluding hydrogens is 524 g/mol. The SMILES string of the molecule is CCOC(=O)c1sc(N2C(=O)C(=O)/C(=C(/O)c3ccc(OCC)cc3)C2c2ccc(OC)c(OC)c2)nc1C. The number of hydrogen-bond acceptors (Lipinski definition) is 10. The van der Waals surface area contributed by atoms with Crippen molar-refractivity contribution in [3.8, 4) is 17.2 Å². The van der Waals surface area contributed by atoms with Crippen LogP contribution in [0.3, 0.4) is 0 Å². The average Bonchev–Trinajstić information content (AvgIpc) is 3.45. The Balaban J connectivity index is 1.91. The van der Waals surface area contributed by atoms with E-state index in [1.807, 2.05) is 6.92 Å². The Hall–Kier alpha value is -4.38. The molecule has 1 saturated heterocycles. The highest BCUT2D eigenvalue weighted by Gasteiger charge is 2.48. The van der Waals surface area contributed by atoms with E-state index < -0.39 is 23.7 Å². The summed E-state index contributed by atoms with van der Waals surface area (Å²) in [5.41, 5.74) is 1.00. The number of nitrogens with zero attached hydrogens (tertiary/aromatic N) is 2. The van der Waals surface area contributed by atoms with Crippen LogP contribution >= 0.6 is 11.3 Å². The number of ether oxygens (including phenoxy) is 4. The Morgan fingerprint density at radius 2 is 1.72 bits per heavy atom. The van der Waals surface area contributed by atoms with Crippen LogP contribution in [0, 0.1) is 6.92 Å². The Morgan fingerprint density at radius 1 is 1.03 bits per heavy atom. The number of benzene rings is 2. The topological polar surface area (TPSA) is 124 Å². The minimum Gasteiger partial charge on any atom is -0.507 e. The van der Waals surface area contributed by atoms with E-state index in [1.165, 1.54) is 19.1 Å². The first kappa shape index (κ1) is 27.6. The van der Waals surface area contributed by atoms with Crippen LogP contribution in [0.4, 0.5) is 5.13 Å². The lowest BCUT2D eigenvalue weighted by Gasteiger charge is -2.23. The van der Waals surface area contributed by atoms with E-state index >= 15 is 0 Å². The van der Waals surface area contributed by atoms with E-state index in [0.717, 1.165) is 11.3 Å². The maximum atomic E-state index is 13.5. The fourth-order valence-electron chi connectivity index (χ4n) is 4.27. The van der Waals surface area contributed by atoms with Crippen molar-refractivity contribution >= 4 is 39.9 Å². The van der Waals surface area contributed by atoms with Gasteiger partial charge in [-0.3, -0.25) is 14.5 Å². The van der Waals surface area contributed by atoms with E-state index in [-0.39, 0.29) is 27.9 Å². The number of anilines is 1. The van der Waals surface area contributed by atoms with Gasteiger partial charge < -0.3 is 24.1 Å². The van der Waals surface area contributed by atoms with Gasteiger partial charge in [-0.2, -0.15) is 0 Å². The monoisotopic (exact) mass is 552 g/mol. The molecule has 1 aliphatic rings. The minimum atomic E-state index is -1.07. The Morgan fingerprint density at radius 3 is 2.33 bits per heavy atom. The molecule has 1 atom stereocenters. The van der Waals surface area contributed by atoms with Crippen molar-refractivity contribution in [3.63, 3.8) is 0 Å². The third-order valence-electron chi connectivity index (χ3n) is 6.06. The molecule has 2 heterocycles. The van der Waals surface area contributed by atoms with Gasteiger partial charge in [0, 0.05) is 5.56 Å². The summed E-state index contributed by atoms with van der Waals surface area (Å²) in [6.07, 6.45) is 0. The highest BCUT2D eigenvalue weighted by atomic mass is 32.1. The van der Waals surface area contributed by atoms with Crippen LogP contribution in [-0.4, -0.2) is 55.2 Å². The highest BCUT2D eigenvalue weighted by molar-refractivity contribution is 7.17. The molecule has 1 fully saturated rings. The molecular formula is C28H28N2O8S. The number of rotatable bonds is 9. The van der Waals surface area contributed by atoms with Gasteiger partial charge in [0.15, 0.2) is 16.6 Å². The lowest BCUT2D eigenvalue weighted by Crippen LogP contribution is -2.29. The average molecular weight is 553 g/mol. The highest BCUT2D eigenvalue weighted by Crippen LogP contribution is 2.45. The molecule has 2 aromatic carbocycles. The number of esters is 1. The number of carbonyl (C=O) groups is 3. The van der Waals surface area contributed by atoms with Crippen molar-refractivity contribution < 1.29 is 38.4 Å². The molecule has 1 aromatic heterocycles. The van der Waals surface area contributed by atoms with E-state index in [1.54, 1.807) is 56.3 Å². The van der Waals surface area contributed by atoms with E-state index in [2.05, 4.69) is 4.98 Å². The number of hydrogen-bond donors (Lipinski definition) is 1. The summed E-state index contributed by atoms with van der Waals surface area (Å²) in [6.45, 7) is 5.80. The molecule has 204 valence electrons. The number of Topliss-reactive ketones (excluding diaryl/α,β-unsaturated/α-hetero) is 1. The van der Waals surface area contributed by atoms with Crippen LogP contribution in [0.25, 0.3) is 5.76 Å². The largest absolute Gasteiger partial charge is 0.507 e. The third kappa shape index (κ3) is 5.17. The first-order valence-electron chi connectivity index (χ1n) is 12.2. The van der Waals surface area contributed by atoms with Crippen molar-refractivity contribution in [2.75, 3.05) is 32.3 Å². The van der Waals surface area contributed by atoms with Crippen molar-refractivity contribution in [1.29, 1.82) is 0 Å². The van der Waals surface area contributed by atoms with Gasteiger partial charge in [-0.1, -0.05) is 17.4 Å². The predicted molar refractivity (Wildman–Crippen MR) is 145 cm³/mol. The Kier molecular flexibility index (Phi) is 8.20. The third-order valence-corrected chi connectivity index (χ3v) is 7.20. The van der Waals surface area contributed by atoms with Gasteiger partial charge in [0.25, 0.3) is 5.78 Å². The maximum absolute atomic E-state index is 13.5. The van der Waals surface area contributed by atoms with Gasteiger partial charge in [-0.05, 0) is 62.7 Å². The number of aliphatic hydroxyl groups excluding tert-OH is 1. The molecule has 1 amide bonds. The van der Waals surface area contributed by atoms with E-state index in [9.17, 15) is 19.5 Å². The molecule has 11 heteroatoms. The molecule has 3 aromatic rings. The van der Waals surface area contributed by atoms with Crippen molar-refractivity contribution in [2.24, 2.45) is 0 Å². The van der Waals surface area contributed by atoms with Crippen LogP contribution < -0.4 is 19.1 Å².